The van der Waals surface area contributed by atoms with Crippen molar-refractivity contribution in [2.24, 2.45) is 5.92 Å². The SMILES string of the molecule is CC(C)([P-]C1CCCCC1)C1C=CC=C1. The number of allylic oxidation sites excluding steroid dienone is 4. The molecule has 0 aromatic rings. The molecule has 1 saturated carbocycles. The van der Waals surface area contributed by atoms with Crippen LogP contribution in [0.5, 0.6) is 0 Å². The van der Waals surface area contributed by atoms with E-state index in [2.05, 4.69) is 38.2 Å². The summed E-state index contributed by atoms with van der Waals surface area (Å²) < 4.78 is 0. The summed E-state index contributed by atoms with van der Waals surface area (Å²) in [5.41, 5.74) is 0.969. The summed E-state index contributed by atoms with van der Waals surface area (Å²) in [6.07, 6.45) is 16.4. The Hall–Kier alpha value is -0.0900. The quantitative estimate of drug-likeness (QED) is 0.601. The molecular weight excluding hydrogens is 199 g/mol. The van der Waals surface area contributed by atoms with Gasteiger partial charge in [-0.25, -0.2) is 0 Å². The lowest BCUT2D eigenvalue weighted by molar-refractivity contribution is 0.501. The summed E-state index contributed by atoms with van der Waals surface area (Å²) in [6.45, 7) is 4.85. The highest BCUT2D eigenvalue weighted by Gasteiger charge is 2.19. The van der Waals surface area contributed by atoms with Gasteiger partial charge in [-0.1, -0.05) is 70.3 Å². The zero-order chi connectivity index (χ0) is 10.7. The average molecular weight is 221 g/mol. The summed E-state index contributed by atoms with van der Waals surface area (Å²) in [7, 11) is 1.68. The highest BCUT2D eigenvalue weighted by Crippen LogP contribution is 2.47. The van der Waals surface area contributed by atoms with E-state index < -0.39 is 0 Å². The third kappa shape index (κ3) is 2.94. The van der Waals surface area contributed by atoms with Crippen LogP contribution in [-0.2, 0) is 0 Å². The van der Waals surface area contributed by atoms with Gasteiger partial charge < -0.3 is 8.58 Å². The van der Waals surface area contributed by atoms with Crippen molar-refractivity contribution in [3.63, 3.8) is 0 Å². The third-order valence-corrected chi connectivity index (χ3v) is 5.50. The van der Waals surface area contributed by atoms with Gasteiger partial charge in [-0.05, 0) is 5.92 Å². The number of hydrogen-bond donors (Lipinski definition) is 0. The molecular formula is C14H22P-. The smallest absolute Gasteiger partial charge is 0.0256 e. The summed E-state index contributed by atoms with van der Waals surface area (Å²) in [4.78, 5) is 0. The summed E-state index contributed by atoms with van der Waals surface area (Å²) in [6, 6.07) is 0. The highest BCUT2D eigenvalue weighted by atomic mass is 31.1. The molecule has 0 atom stereocenters. The minimum Gasteiger partial charge on any atom is -0.529 e. The molecule has 0 heterocycles. The minimum absolute atomic E-state index is 0.436. The predicted molar refractivity (Wildman–Crippen MR) is 69.6 cm³/mol. The second kappa shape index (κ2) is 4.83. The molecule has 0 saturated heterocycles. The van der Waals surface area contributed by atoms with E-state index in [4.69, 9.17) is 0 Å². The Labute approximate surface area is 96.0 Å². The van der Waals surface area contributed by atoms with E-state index in [1.165, 1.54) is 32.1 Å². The summed E-state index contributed by atoms with van der Waals surface area (Å²) in [5, 5.41) is 0.436. The van der Waals surface area contributed by atoms with Crippen LogP contribution in [-0.4, -0.2) is 10.8 Å². The van der Waals surface area contributed by atoms with Gasteiger partial charge in [-0.3, -0.25) is 0 Å². The van der Waals surface area contributed by atoms with Crippen molar-refractivity contribution >= 4 is 8.58 Å². The lowest BCUT2D eigenvalue weighted by atomic mass is 9.96. The molecule has 2 rings (SSSR count). The maximum atomic E-state index is 2.42. The monoisotopic (exact) mass is 221 g/mol. The Morgan fingerprint density at radius 2 is 1.60 bits per heavy atom. The van der Waals surface area contributed by atoms with E-state index >= 15 is 0 Å². The molecule has 0 aromatic heterocycles. The Balaban J connectivity index is 1.90. The van der Waals surface area contributed by atoms with E-state index in [-0.39, 0.29) is 0 Å². The zero-order valence-corrected chi connectivity index (χ0v) is 10.8. The Kier molecular flexibility index (Phi) is 3.67. The van der Waals surface area contributed by atoms with Crippen molar-refractivity contribution in [2.45, 2.75) is 56.8 Å². The molecule has 15 heavy (non-hydrogen) atoms. The Morgan fingerprint density at radius 1 is 1.00 bits per heavy atom. The molecule has 2 aliphatic rings. The van der Waals surface area contributed by atoms with Gasteiger partial charge in [-0.2, -0.15) is 10.8 Å². The van der Waals surface area contributed by atoms with Crippen LogP contribution in [0.25, 0.3) is 0 Å². The molecule has 2 aliphatic carbocycles. The van der Waals surface area contributed by atoms with Gasteiger partial charge >= 0.3 is 0 Å². The Morgan fingerprint density at radius 3 is 2.20 bits per heavy atom. The lowest BCUT2D eigenvalue weighted by Gasteiger charge is -2.49. The van der Waals surface area contributed by atoms with Gasteiger partial charge in [0.05, 0.1) is 0 Å². The van der Waals surface area contributed by atoms with E-state index in [1.54, 1.807) is 8.58 Å². The Bertz CT molecular complexity index is 245. The molecule has 0 aromatic carbocycles. The standard InChI is InChI=1S/C14H22P/c1-14(2,12-8-6-7-9-12)15-13-10-4-3-5-11-13/h6-9,12-13H,3-5,10-11H2,1-2H3/q-1. The van der Waals surface area contributed by atoms with Gasteiger partial charge in [0.15, 0.2) is 0 Å². The normalized spacial score (nSPS) is 24.7. The minimum atomic E-state index is 0.436. The number of hydrogen-bond acceptors (Lipinski definition) is 0. The molecule has 0 unspecified atom stereocenters. The fourth-order valence-electron chi connectivity index (χ4n) is 2.67. The van der Waals surface area contributed by atoms with Crippen molar-refractivity contribution in [1.82, 2.24) is 0 Å². The molecule has 0 aliphatic heterocycles. The van der Waals surface area contributed by atoms with Crippen LogP contribution < -0.4 is 0 Å². The van der Waals surface area contributed by atoms with Crippen LogP contribution in [0.15, 0.2) is 24.3 Å². The van der Waals surface area contributed by atoms with Crippen molar-refractivity contribution < 1.29 is 0 Å². The van der Waals surface area contributed by atoms with E-state index in [0.29, 0.717) is 11.1 Å². The van der Waals surface area contributed by atoms with E-state index in [0.717, 1.165) is 5.66 Å². The molecule has 0 N–H and O–H groups in total. The maximum absolute atomic E-state index is 2.42. The molecule has 0 nitrogen and oxygen atoms in total. The van der Waals surface area contributed by atoms with Crippen molar-refractivity contribution in [3.8, 4) is 0 Å². The van der Waals surface area contributed by atoms with E-state index in [9.17, 15) is 0 Å². The zero-order valence-electron chi connectivity index (χ0n) is 9.95. The predicted octanol–water partition coefficient (Wildman–Crippen LogP) is 4.79. The molecule has 0 amide bonds. The van der Waals surface area contributed by atoms with Crippen LogP contribution in [0.3, 0.4) is 0 Å². The molecule has 0 radical (unpaired) electrons. The van der Waals surface area contributed by atoms with Crippen LogP contribution in [0.2, 0.25) is 0 Å². The van der Waals surface area contributed by atoms with Crippen LogP contribution >= 0.6 is 8.58 Å². The lowest BCUT2D eigenvalue weighted by Crippen LogP contribution is -2.26. The van der Waals surface area contributed by atoms with E-state index in [1.807, 2.05) is 0 Å². The first kappa shape index (κ1) is 11.4. The van der Waals surface area contributed by atoms with Gasteiger partial charge in [0.2, 0.25) is 0 Å². The number of rotatable bonds is 3. The molecule has 1 heteroatoms. The summed E-state index contributed by atoms with van der Waals surface area (Å²) in [5.74, 6) is 0.668. The molecule has 0 bridgehead atoms. The van der Waals surface area contributed by atoms with Crippen molar-refractivity contribution in [3.05, 3.63) is 24.3 Å². The maximum Gasteiger partial charge on any atom is -0.0256 e. The van der Waals surface area contributed by atoms with Crippen molar-refractivity contribution in [2.75, 3.05) is 0 Å². The highest BCUT2D eigenvalue weighted by molar-refractivity contribution is 7.40. The molecule has 1 fully saturated rings. The van der Waals surface area contributed by atoms with Gasteiger partial charge in [-0.15, -0.1) is 0 Å². The fraction of sp³-hybridized carbons (Fsp3) is 0.714. The van der Waals surface area contributed by atoms with Gasteiger partial charge in [0.1, 0.15) is 0 Å². The molecule has 0 spiro atoms. The van der Waals surface area contributed by atoms with Gasteiger partial charge in [0, 0.05) is 0 Å². The largest absolute Gasteiger partial charge is 0.529 e. The fourth-order valence-corrected chi connectivity index (χ4v) is 4.58. The van der Waals surface area contributed by atoms with Crippen molar-refractivity contribution in [1.29, 1.82) is 0 Å². The van der Waals surface area contributed by atoms with Gasteiger partial charge in [0.25, 0.3) is 0 Å². The summed E-state index contributed by atoms with van der Waals surface area (Å²) >= 11 is 0. The first-order valence-corrected chi connectivity index (χ1v) is 7.22. The van der Waals surface area contributed by atoms with Crippen LogP contribution in [0.1, 0.15) is 46.0 Å². The second-order valence-electron chi connectivity index (χ2n) is 5.37. The molecule has 84 valence electrons. The second-order valence-corrected chi connectivity index (χ2v) is 7.51. The van der Waals surface area contributed by atoms with Crippen LogP contribution in [0, 0.1) is 5.92 Å². The first-order valence-electron chi connectivity index (χ1n) is 6.25. The van der Waals surface area contributed by atoms with Crippen LogP contribution in [0.4, 0.5) is 0 Å². The third-order valence-electron chi connectivity index (χ3n) is 3.65. The first-order chi connectivity index (χ1) is 7.18. The topological polar surface area (TPSA) is 0 Å². The average Bonchev–Trinajstić information content (AvgIpc) is 2.71.